The molecule has 4 aliphatic rings. The van der Waals surface area contributed by atoms with E-state index in [1.807, 2.05) is 0 Å². The van der Waals surface area contributed by atoms with Gasteiger partial charge in [0.1, 0.15) is 0 Å². The van der Waals surface area contributed by atoms with Crippen molar-refractivity contribution in [2.75, 3.05) is 6.54 Å². The lowest BCUT2D eigenvalue weighted by Crippen LogP contribution is -2.55. The SMILES string of the molecule is CC(C)C(CNC1C2CC3CC(C2)CC1C3)C(C)C. The van der Waals surface area contributed by atoms with Crippen molar-refractivity contribution in [3.05, 3.63) is 0 Å². The zero-order valence-corrected chi connectivity index (χ0v) is 13.4. The third-order valence-corrected chi connectivity index (χ3v) is 6.53. The van der Waals surface area contributed by atoms with Crippen molar-refractivity contribution >= 4 is 0 Å². The molecule has 4 fully saturated rings. The highest BCUT2D eigenvalue weighted by Gasteiger charge is 2.47. The molecule has 0 aromatic rings. The molecule has 0 heterocycles. The van der Waals surface area contributed by atoms with Crippen molar-refractivity contribution < 1.29 is 0 Å². The Morgan fingerprint density at radius 3 is 1.68 bits per heavy atom. The molecule has 0 aromatic heterocycles. The van der Waals surface area contributed by atoms with Gasteiger partial charge in [0.15, 0.2) is 0 Å². The standard InChI is InChI=1S/C18H33N/c1-11(2)17(12(3)4)10-19-18-15-6-13-5-14(8-15)9-16(18)7-13/h11-19H,5-10H2,1-4H3. The predicted octanol–water partition coefficient (Wildman–Crippen LogP) is 4.33. The molecule has 4 saturated carbocycles. The van der Waals surface area contributed by atoms with Crippen LogP contribution in [0.25, 0.3) is 0 Å². The first kappa shape index (κ1) is 13.9. The molecule has 0 spiro atoms. The Hall–Kier alpha value is -0.0400. The molecule has 0 amide bonds. The van der Waals surface area contributed by atoms with Crippen LogP contribution < -0.4 is 5.32 Å². The quantitative estimate of drug-likeness (QED) is 0.778. The van der Waals surface area contributed by atoms with Crippen LogP contribution in [0.15, 0.2) is 0 Å². The van der Waals surface area contributed by atoms with Gasteiger partial charge in [-0.15, -0.1) is 0 Å². The van der Waals surface area contributed by atoms with Crippen LogP contribution in [-0.4, -0.2) is 12.6 Å². The zero-order valence-electron chi connectivity index (χ0n) is 13.4. The average molecular weight is 263 g/mol. The summed E-state index contributed by atoms with van der Waals surface area (Å²) in [5.74, 6) is 6.72. The molecule has 4 rings (SSSR count). The summed E-state index contributed by atoms with van der Waals surface area (Å²) in [5.41, 5.74) is 0. The summed E-state index contributed by atoms with van der Waals surface area (Å²) in [6.45, 7) is 10.8. The predicted molar refractivity (Wildman–Crippen MR) is 82.0 cm³/mol. The fourth-order valence-electron chi connectivity index (χ4n) is 5.77. The largest absolute Gasteiger partial charge is 0.313 e. The molecule has 1 heteroatoms. The molecule has 19 heavy (non-hydrogen) atoms. The lowest BCUT2D eigenvalue weighted by atomic mass is 9.54. The lowest BCUT2D eigenvalue weighted by molar-refractivity contribution is -0.0161. The molecule has 0 radical (unpaired) electrons. The monoisotopic (exact) mass is 263 g/mol. The van der Waals surface area contributed by atoms with Crippen LogP contribution in [-0.2, 0) is 0 Å². The third kappa shape index (κ3) is 2.73. The molecule has 0 aliphatic heterocycles. The van der Waals surface area contributed by atoms with E-state index >= 15 is 0 Å². The Kier molecular flexibility index (Phi) is 3.95. The number of rotatable bonds is 5. The van der Waals surface area contributed by atoms with Crippen molar-refractivity contribution in [2.24, 2.45) is 41.4 Å². The van der Waals surface area contributed by atoms with E-state index in [4.69, 9.17) is 0 Å². The molecule has 0 atom stereocenters. The Morgan fingerprint density at radius 2 is 1.26 bits per heavy atom. The summed E-state index contributed by atoms with van der Waals surface area (Å²) in [7, 11) is 0. The molecule has 1 N–H and O–H groups in total. The smallest absolute Gasteiger partial charge is 0.0124 e. The Balaban J connectivity index is 1.58. The molecule has 4 aliphatic carbocycles. The fourth-order valence-corrected chi connectivity index (χ4v) is 5.77. The van der Waals surface area contributed by atoms with Crippen LogP contribution >= 0.6 is 0 Å². The van der Waals surface area contributed by atoms with E-state index < -0.39 is 0 Å². The van der Waals surface area contributed by atoms with E-state index in [0.717, 1.165) is 47.5 Å². The second-order valence-electron chi connectivity index (χ2n) is 8.52. The van der Waals surface area contributed by atoms with Crippen molar-refractivity contribution in [3.63, 3.8) is 0 Å². The molecule has 0 aromatic carbocycles. The van der Waals surface area contributed by atoms with E-state index in [1.165, 1.54) is 6.54 Å². The molecule has 0 saturated heterocycles. The van der Waals surface area contributed by atoms with Crippen molar-refractivity contribution in [2.45, 2.75) is 65.8 Å². The highest BCUT2D eigenvalue weighted by atomic mass is 14.9. The summed E-state index contributed by atoms with van der Waals surface area (Å²) in [4.78, 5) is 0. The van der Waals surface area contributed by atoms with E-state index in [9.17, 15) is 0 Å². The maximum absolute atomic E-state index is 4.03. The minimum absolute atomic E-state index is 0.810. The topological polar surface area (TPSA) is 12.0 Å². The summed E-state index contributed by atoms with van der Waals surface area (Å²) < 4.78 is 0. The van der Waals surface area contributed by atoms with Gasteiger partial charge in [-0.1, -0.05) is 27.7 Å². The number of nitrogens with one attached hydrogen (secondary N) is 1. The molecular weight excluding hydrogens is 230 g/mol. The highest BCUT2D eigenvalue weighted by molar-refractivity contribution is 5.01. The van der Waals surface area contributed by atoms with Gasteiger partial charge in [0.05, 0.1) is 0 Å². The van der Waals surface area contributed by atoms with E-state index in [-0.39, 0.29) is 0 Å². The van der Waals surface area contributed by atoms with Crippen LogP contribution in [0.3, 0.4) is 0 Å². The van der Waals surface area contributed by atoms with E-state index in [2.05, 4.69) is 33.0 Å². The third-order valence-electron chi connectivity index (χ3n) is 6.53. The zero-order chi connectivity index (χ0) is 13.6. The van der Waals surface area contributed by atoms with Crippen LogP contribution in [0, 0.1) is 41.4 Å². The number of hydrogen-bond donors (Lipinski definition) is 1. The molecule has 4 bridgehead atoms. The van der Waals surface area contributed by atoms with Crippen LogP contribution in [0.1, 0.15) is 59.8 Å². The molecule has 1 nitrogen and oxygen atoms in total. The minimum Gasteiger partial charge on any atom is -0.313 e. The van der Waals surface area contributed by atoms with Gasteiger partial charge in [0.2, 0.25) is 0 Å². The summed E-state index contributed by atoms with van der Waals surface area (Å²) >= 11 is 0. The second-order valence-corrected chi connectivity index (χ2v) is 8.52. The maximum atomic E-state index is 4.03. The highest BCUT2D eigenvalue weighted by Crippen LogP contribution is 2.53. The first-order chi connectivity index (χ1) is 9.04. The summed E-state index contributed by atoms with van der Waals surface area (Å²) in [6.07, 6.45) is 7.73. The van der Waals surface area contributed by atoms with E-state index in [0.29, 0.717) is 0 Å². The minimum atomic E-state index is 0.810. The van der Waals surface area contributed by atoms with Gasteiger partial charge in [-0.25, -0.2) is 0 Å². The van der Waals surface area contributed by atoms with Crippen LogP contribution in [0.2, 0.25) is 0 Å². The first-order valence-electron chi connectivity index (χ1n) is 8.78. The van der Waals surface area contributed by atoms with Gasteiger partial charge in [-0.05, 0) is 80.1 Å². The molecule has 110 valence electrons. The Bertz CT molecular complexity index is 271. The first-order valence-corrected chi connectivity index (χ1v) is 8.78. The van der Waals surface area contributed by atoms with Crippen LogP contribution in [0.4, 0.5) is 0 Å². The van der Waals surface area contributed by atoms with Gasteiger partial charge >= 0.3 is 0 Å². The number of hydrogen-bond acceptors (Lipinski definition) is 1. The fraction of sp³-hybridized carbons (Fsp3) is 1.00. The lowest BCUT2D eigenvalue weighted by Gasteiger charge is -2.55. The average Bonchev–Trinajstić information content (AvgIpc) is 2.30. The second kappa shape index (κ2) is 5.39. The van der Waals surface area contributed by atoms with Crippen molar-refractivity contribution in [1.29, 1.82) is 0 Å². The summed E-state index contributed by atoms with van der Waals surface area (Å²) in [6, 6.07) is 0.868. The summed E-state index contributed by atoms with van der Waals surface area (Å²) in [5, 5.41) is 4.03. The van der Waals surface area contributed by atoms with Gasteiger partial charge in [0.25, 0.3) is 0 Å². The van der Waals surface area contributed by atoms with Crippen molar-refractivity contribution in [1.82, 2.24) is 5.32 Å². The maximum Gasteiger partial charge on any atom is 0.0124 e. The van der Waals surface area contributed by atoms with E-state index in [1.54, 1.807) is 32.1 Å². The van der Waals surface area contributed by atoms with Gasteiger partial charge in [0, 0.05) is 6.04 Å². The Labute approximate surface area is 119 Å². The Morgan fingerprint density at radius 1 is 0.789 bits per heavy atom. The van der Waals surface area contributed by atoms with Crippen LogP contribution in [0.5, 0.6) is 0 Å². The van der Waals surface area contributed by atoms with Crippen molar-refractivity contribution in [3.8, 4) is 0 Å². The van der Waals surface area contributed by atoms with Gasteiger partial charge < -0.3 is 5.32 Å². The molecular formula is C18H33N. The van der Waals surface area contributed by atoms with Gasteiger partial charge in [-0.3, -0.25) is 0 Å². The molecule has 0 unspecified atom stereocenters. The normalized spacial score (nSPS) is 40.9. The van der Waals surface area contributed by atoms with Gasteiger partial charge in [-0.2, -0.15) is 0 Å².